The van der Waals surface area contributed by atoms with Crippen molar-refractivity contribution in [3.63, 3.8) is 0 Å². The van der Waals surface area contributed by atoms with Gasteiger partial charge in [-0.05, 0) is 36.2 Å². The second-order valence-electron chi connectivity index (χ2n) is 3.74. The average molecular weight is 248 g/mol. The highest BCUT2D eigenvalue weighted by atomic mass is 32.2. The van der Waals surface area contributed by atoms with Crippen LogP contribution in [0.5, 0.6) is 0 Å². The minimum absolute atomic E-state index is 0.238. The van der Waals surface area contributed by atoms with E-state index in [0.717, 1.165) is 10.5 Å². The van der Waals surface area contributed by atoms with Crippen LogP contribution in [0.1, 0.15) is 5.56 Å². The Labute approximate surface area is 103 Å². The van der Waals surface area contributed by atoms with Gasteiger partial charge in [0.2, 0.25) is 0 Å². The molecule has 2 aromatic carbocycles. The molecule has 0 saturated carbocycles. The van der Waals surface area contributed by atoms with Crippen LogP contribution in [0.4, 0.5) is 4.39 Å². The number of aryl methyl sites for hydroxylation is 1. The molecule has 1 nitrogen and oxygen atoms in total. The minimum Gasteiger partial charge on any atom is -0.254 e. The third-order valence-electron chi connectivity index (χ3n) is 2.50. The zero-order valence-electron chi connectivity index (χ0n) is 9.30. The predicted octanol–water partition coefficient (Wildman–Crippen LogP) is 3.18. The molecule has 2 rings (SSSR count). The van der Waals surface area contributed by atoms with Crippen LogP contribution >= 0.6 is 0 Å². The molecule has 2 aromatic rings. The number of hydrogen-bond acceptors (Lipinski definition) is 1. The van der Waals surface area contributed by atoms with Gasteiger partial charge in [-0.2, -0.15) is 0 Å². The van der Waals surface area contributed by atoms with Gasteiger partial charge < -0.3 is 0 Å². The van der Waals surface area contributed by atoms with Crippen molar-refractivity contribution in [1.82, 2.24) is 0 Å². The second kappa shape index (κ2) is 5.73. The Kier molecular flexibility index (Phi) is 4.04. The highest BCUT2D eigenvalue weighted by Crippen LogP contribution is 2.09. The summed E-state index contributed by atoms with van der Waals surface area (Å²) in [7, 11) is -0.983. The van der Waals surface area contributed by atoms with Crippen molar-refractivity contribution in [3.8, 4) is 0 Å². The summed E-state index contributed by atoms with van der Waals surface area (Å²) in [5, 5.41) is 0. The molecule has 0 fully saturated rings. The number of rotatable bonds is 4. The van der Waals surface area contributed by atoms with E-state index in [1.807, 2.05) is 30.3 Å². The third kappa shape index (κ3) is 3.49. The fourth-order valence-electron chi connectivity index (χ4n) is 1.55. The lowest BCUT2D eigenvalue weighted by Gasteiger charge is -2.02. The third-order valence-corrected chi connectivity index (χ3v) is 3.87. The van der Waals surface area contributed by atoms with Crippen LogP contribution < -0.4 is 0 Å². The smallest absolute Gasteiger partial charge is 0.123 e. The topological polar surface area (TPSA) is 17.1 Å². The molecule has 0 aliphatic rings. The predicted molar refractivity (Wildman–Crippen MR) is 67.8 cm³/mol. The molecule has 3 heteroatoms. The zero-order chi connectivity index (χ0) is 12.1. The molecular formula is C14H13FOS. The standard InChI is InChI=1S/C14H13FOS/c15-13-8-6-12(7-9-13)10-11-17(16)14-4-2-1-3-5-14/h1-9H,10-11H2. The molecule has 0 radical (unpaired) electrons. The monoisotopic (exact) mass is 248 g/mol. The van der Waals surface area contributed by atoms with Crippen LogP contribution in [0.25, 0.3) is 0 Å². The first-order valence-electron chi connectivity index (χ1n) is 5.43. The Morgan fingerprint density at radius 1 is 0.941 bits per heavy atom. The van der Waals surface area contributed by atoms with Crippen LogP contribution in [-0.4, -0.2) is 9.96 Å². The van der Waals surface area contributed by atoms with Gasteiger partial charge in [0.15, 0.2) is 0 Å². The van der Waals surface area contributed by atoms with Crippen LogP contribution in [0.3, 0.4) is 0 Å². The molecule has 0 saturated heterocycles. The van der Waals surface area contributed by atoms with E-state index >= 15 is 0 Å². The molecule has 88 valence electrons. The van der Waals surface area contributed by atoms with Gasteiger partial charge in [-0.3, -0.25) is 4.21 Å². The molecule has 0 aliphatic heterocycles. The van der Waals surface area contributed by atoms with E-state index in [1.54, 1.807) is 12.1 Å². The largest absolute Gasteiger partial charge is 0.254 e. The molecule has 0 bridgehead atoms. The van der Waals surface area contributed by atoms with Crippen molar-refractivity contribution < 1.29 is 8.60 Å². The minimum atomic E-state index is -0.983. The lowest BCUT2D eigenvalue weighted by molar-refractivity contribution is 0.627. The van der Waals surface area contributed by atoms with E-state index in [9.17, 15) is 8.60 Å². The summed E-state index contributed by atoms with van der Waals surface area (Å²) in [5.74, 6) is 0.327. The van der Waals surface area contributed by atoms with Gasteiger partial charge in [0.1, 0.15) is 5.82 Å². The van der Waals surface area contributed by atoms with E-state index in [1.165, 1.54) is 12.1 Å². The molecule has 0 amide bonds. The van der Waals surface area contributed by atoms with E-state index in [-0.39, 0.29) is 5.82 Å². The van der Waals surface area contributed by atoms with Gasteiger partial charge in [0.25, 0.3) is 0 Å². The first-order chi connectivity index (χ1) is 8.25. The number of halogens is 1. The van der Waals surface area contributed by atoms with Gasteiger partial charge in [-0.15, -0.1) is 0 Å². The Bertz CT molecular complexity index is 493. The van der Waals surface area contributed by atoms with Crippen molar-refractivity contribution in [3.05, 3.63) is 66.0 Å². The van der Waals surface area contributed by atoms with E-state index < -0.39 is 10.8 Å². The molecule has 0 spiro atoms. The fourth-order valence-corrected chi connectivity index (χ4v) is 2.67. The van der Waals surface area contributed by atoms with Crippen molar-refractivity contribution in [1.29, 1.82) is 0 Å². The van der Waals surface area contributed by atoms with E-state index in [4.69, 9.17) is 0 Å². The highest BCUT2D eigenvalue weighted by Gasteiger charge is 2.03. The quantitative estimate of drug-likeness (QED) is 0.812. The van der Waals surface area contributed by atoms with Crippen LogP contribution in [0.15, 0.2) is 59.5 Å². The number of hydrogen-bond donors (Lipinski definition) is 0. The van der Waals surface area contributed by atoms with Crippen molar-refractivity contribution in [2.75, 3.05) is 5.75 Å². The summed E-state index contributed by atoms with van der Waals surface area (Å²) in [4.78, 5) is 0.842. The zero-order valence-corrected chi connectivity index (χ0v) is 10.1. The van der Waals surface area contributed by atoms with Crippen LogP contribution in [0.2, 0.25) is 0 Å². The van der Waals surface area contributed by atoms with Gasteiger partial charge in [-0.1, -0.05) is 30.3 Å². The summed E-state index contributed by atoms with van der Waals surface area (Å²) in [6.45, 7) is 0. The number of benzene rings is 2. The van der Waals surface area contributed by atoms with Gasteiger partial charge >= 0.3 is 0 Å². The van der Waals surface area contributed by atoms with E-state index in [2.05, 4.69) is 0 Å². The van der Waals surface area contributed by atoms with E-state index in [0.29, 0.717) is 12.2 Å². The van der Waals surface area contributed by atoms with Crippen molar-refractivity contribution >= 4 is 10.8 Å². The lowest BCUT2D eigenvalue weighted by Crippen LogP contribution is -2.01. The molecule has 0 aliphatic carbocycles. The molecule has 0 aromatic heterocycles. The van der Waals surface area contributed by atoms with Crippen molar-refractivity contribution in [2.24, 2.45) is 0 Å². The Hall–Kier alpha value is -1.48. The molecule has 0 heterocycles. The maximum Gasteiger partial charge on any atom is 0.123 e. The molecule has 0 N–H and O–H groups in total. The van der Waals surface area contributed by atoms with Crippen molar-refractivity contribution in [2.45, 2.75) is 11.3 Å². The first-order valence-corrected chi connectivity index (χ1v) is 6.75. The maximum atomic E-state index is 12.7. The molecule has 1 atom stereocenters. The second-order valence-corrected chi connectivity index (χ2v) is 5.31. The summed E-state index contributed by atoms with van der Waals surface area (Å²) >= 11 is 0. The average Bonchev–Trinajstić information content (AvgIpc) is 2.39. The van der Waals surface area contributed by atoms with Crippen LogP contribution in [-0.2, 0) is 17.2 Å². The SMILES string of the molecule is O=S(CCc1ccc(F)cc1)c1ccccc1. The van der Waals surface area contributed by atoms with Crippen LogP contribution in [0, 0.1) is 5.82 Å². The van der Waals surface area contributed by atoms with Gasteiger partial charge in [0.05, 0.1) is 10.8 Å². The fraction of sp³-hybridized carbons (Fsp3) is 0.143. The Morgan fingerprint density at radius 3 is 2.24 bits per heavy atom. The summed E-state index contributed by atoms with van der Waals surface area (Å²) < 4.78 is 24.6. The Morgan fingerprint density at radius 2 is 1.59 bits per heavy atom. The normalized spacial score (nSPS) is 12.3. The summed E-state index contributed by atoms with van der Waals surface area (Å²) in [6, 6.07) is 15.7. The van der Waals surface area contributed by atoms with Gasteiger partial charge in [0, 0.05) is 10.6 Å². The molecule has 1 unspecified atom stereocenters. The van der Waals surface area contributed by atoms with Gasteiger partial charge in [-0.25, -0.2) is 4.39 Å². The summed E-state index contributed by atoms with van der Waals surface area (Å²) in [6.07, 6.45) is 0.696. The lowest BCUT2D eigenvalue weighted by atomic mass is 10.2. The highest BCUT2D eigenvalue weighted by molar-refractivity contribution is 7.85. The Balaban J connectivity index is 1.95. The molecular weight excluding hydrogens is 235 g/mol. The molecule has 17 heavy (non-hydrogen) atoms. The summed E-state index contributed by atoms with van der Waals surface area (Å²) in [5.41, 5.74) is 1.01. The maximum absolute atomic E-state index is 12.7. The first kappa shape index (κ1) is 12.0.